The fourth-order valence-electron chi connectivity index (χ4n) is 5.16. The normalized spacial score (nSPS) is 11.0. The minimum atomic E-state index is 0.860. The van der Waals surface area contributed by atoms with Gasteiger partial charge >= 0.3 is 0 Å². The lowest BCUT2D eigenvalue weighted by molar-refractivity contribution is 1.21. The maximum atomic E-state index is 3.42. The van der Waals surface area contributed by atoms with Crippen molar-refractivity contribution in [2.24, 2.45) is 0 Å². The standard InChI is InChI=1S/C34H28N2/c1-35-33-24-26-13-9-8-12-25(26)22-28(33)23-27-14-10-20-32-31(27)19-11-21-34(32)36(29-15-4-2-5-16-29)30-17-6-3-7-18-30/h2-22,24,35H,23H2,1H3. The van der Waals surface area contributed by atoms with Crippen molar-refractivity contribution in [1.82, 2.24) is 0 Å². The van der Waals surface area contributed by atoms with Gasteiger partial charge in [0, 0.05) is 35.9 Å². The Morgan fingerprint density at radius 3 is 1.78 bits per heavy atom. The Bertz CT molecular complexity index is 1600. The third-order valence-corrected chi connectivity index (χ3v) is 6.88. The summed E-state index contributed by atoms with van der Waals surface area (Å²) in [6.45, 7) is 0. The van der Waals surface area contributed by atoms with E-state index in [1.807, 2.05) is 7.05 Å². The van der Waals surface area contributed by atoms with E-state index in [1.165, 1.54) is 44.0 Å². The minimum Gasteiger partial charge on any atom is -0.388 e. The second-order valence-electron chi connectivity index (χ2n) is 9.08. The number of rotatable bonds is 6. The van der Waals surface area contributed by atoms with Crippen LogP contribution < -0.4 is 10.2 Å². The molecule has 174 valence electrons. The first-order chi connectivity index (χ1) is 17.8. The molecular weight excluding hydrogens is 436 g/mol. The Morgan fingerprint density at radius 2 is 1.11 bits per heavy atom. The van der Waals surface area contributed by atoms with Gasteiger partial charge in [0.15, 0.2) is 0 Å². The molecule has 6 rings (SSSR count). The molecule has 0 spiro atoms. The topological polar surface area (TPSA) is 15.3 Å². The number of hydrogen-bond donors (Lipinski definition) is 1. The van der Waals surface area contributed by atoms with Gasteiger partial charge < -0.3 is 10.2 Å². The highest BCUT2D eigenvalue weighted by molar-refractivity contribution is 6.00. The van der Waals surface area contributed by atoms with Crippen LogP contribution in [0, 0.1) is 0 Å². The lowest BCUT2D eigenvalue weighted by Gasteiger charge is -2.27. The molecule has 2 heteroatoms. The van der Waals surface area contributed by atoms with E-state index in [0.29, 0.717) is 0 Å². The molecule has 1 N–H and O–H groups in total. The van der Waals surface area contributed by atoms with Crippen LogP contribution >= 0.6 is 0 Å². The van der Waals surface area contributed by atoms with Gasteiger partial charge in [0.25, 0.3) is 0 Å². The number of para-hydroxylation sites is 2. The van der Waals surface area contributed by atoms with Crippen molar-refractivity contribution in [3.63, 3.8) is 0 Å². The van der Waals surface area contributed by atoms with E-state index >= 15 is 0 Å². The van der Waals surface area contributed by atoms with Crippen molar-refractivity contribution >= 4 is 44.3 Å². The molecule has 0 radical (unpaired) electrons. The van der Waals surface area contributed by atoms with Crippen LogP contribution in [0.4, 0.5) is 22.7 Å². The molecule has 0 amide bonds. The number of nitrogens with zero attached hydrogens (tertiary/aromatic N) is 1. The van der Waals surface area contributed by atoms with Crippen molar-refractivity contribution in [3.8, 4) is 0 Å². The SMILES string of the molecule is CNc1cc2ccccc2cc1Cc1cccc2c(N(c3ccccc3)c3ccccc3)cccc12. The Labute approximate surface area is 212 Å². The molecule has 0 aromatic heterocycles. The maximum Gasteiger partial charge on any atom is 0.0540 e. The highest BCUT2D eigenvalue weighted by atomic mass is 15.1. The Balaban J connectivity index is 1.50. The van der Waals surface area contributed by atoms with E-state index in [4.69, 9.17) is 0 Å². The van der Waals surface area contributed by atoms with Crippen LogP contribution in [0.15, 0.2) is 133 Å². The van der Waals surface area contributed by atoms with Gasteiger partial charge in [0.2, 0.25) is 0 Å². The Hall–Kier alpha value is -4.56. The number of nitrogens with one attached hydrogen (secondary N) is 1. The molecule has 6 aromatic rings. The average molecular weight is 465 g/mol. The van der Waals surface area contributed by atoms with Crippen LogP contribution in [0.5, 0.6) is 0 Å². The van der Waals surface area contributed by atoms with E-state index in [-0.39, 0.29) is 0 Å². The van der Waals surface area contributed by atoms with Gasteiger partial charge in [-0.2, -0.15) is 0 Å². The second kappa shape index (κ2) is 9.59. The first-order valence-corrected chi connectivity index (χ1v) is 12.4. The summed E-state index contributed by atoms with van der Waals surface area (Å²) >= 11 is 0. The summed E-state index contributed by atoms with van der Waals surface area (Å²) in [7, 11) is 2.01. The number of benzene rings is 6. The van der Waals surface area contributed by atoms with Crippen LogP contribution in [0.25, 0.3) is 21.5 Å². The molecule has 0 aliphatic heterocycles. The van der Waals surface area contributed by atoms with Crippen LogP contribution in [-0.2, 0) is 6.42 Å². The first kappa shape index (κ1) is 21.9. The number of hydrogen-bond acceptors (Lipinski definition) is 2. The zero-order valence-corrected chi connectivity index (χ0v) is 20.4. The smallest absolute Gasteiger partial charge is 0.0540 e. The zero-order valence-electron chi connectivity index (χ0n) is 20.4. The molecule has 2 nitrogen and oxygen atoms in total. The number of fused-ring (bicyclic) bond motifs is 2. The summed E-state index contributed by atoms with van der Waals surface area (Å²) in [4.78, 5) is 2.35. The average Bonchev–Trinajstić information content (AvgIpc) is 2.94. The molecule has 0 bridgehead atoms. The Kier molecular flexibility index (Phi) is 5.85. The van der Waals surface area contributed by atoms with Gasteiger partial charge in [0.1, 0.15) is 0 Å². The van der Waals surface area contributed by atoms with Gasteiger partial charge in [-0.05, 0) is 69.8 Å². The lowest BCUT2D eigenvalue weighted by atomic mass is 9.94. The van der Waals surface area contributed by atoms with Gasteiger partial charge in [-0.25, -0.2) is 0 Å². The van der Waals surface area contributed by atoms with E-state index < -0.39 is 0 Å². The summed E-state index contributed by atoms with van der Waals surface area (Å²) in [5, 5.41) is 8.47. The quantitative estimate of drug-likeness (QED) is 0.264. The van der Waals surface area contributed by atoms with E-state index in [0.717, 1.165) is 17.8 Å². The fourth-order valence-corrected chi connectivity index (χ4v) is 5.16. The third-order valence-electron chi connectivity index (χ3n) is 6.88. The molecule has 36 heavy (non-hydrogen) atoms. The van der Waals surface area contributed by atoms with E-state index in [1.54, 1.807) is 0 Å². The van der Waals surface area contributed by atoms with Crippen LogP contribution in [0.2, 0.25) is 0 Å². The lowest BCUT2D eigenvalue weighted by Crippen LogP contribution is -2.10. The van der Waals surface area contributed by atoms with Gasteiger partial charge in [-0.1, -0.05) is 91.0 Å². The maximum absolute atomic E-state index is 3.42. The molecule has 6 aromatic carbocycles. The summed E-state index contributed by atoms with van der Waals surface area (Å²) < 4.78 is 0. The summed E-state index contributed by atoms with van der Waals surface area (Å²) in [6, 6.07) is 47.7. The van der Waals surface area contributed by atoms with Crippen molar-refractivity contribution in [2.45, 2.75) is 6.42 Å². The molecule has 0 saturated carbocycles. The monoisotopic (exact) mass is 464 g/mol. The molecule has 0 heterocycles. The molecular formula is C34H28N2. The first-order valence-electron chi connectivity index (χ1n) is 12.4. The predicted molar refractivity (Wildman–Crippen MR) is 155 cm³/mol. The minimum absolute atomic E-state index is 0.860. The fraction of sp³-hybridized carbons (Fsp3) is 0.0588. The zero-order chi connectivity index (χ0) is 24.3. The summed E-state index contributed by atoms with van der Waals surface area (Å²) in [5.41, 5.74) is 7.28. The predicted octanol–water partition coefficient (Wildman–Crippen LogP) is 9.10. The van der Waals surface area contributed by atoms with Crippen molar-refractivity contribution in [1.29, 1.82) is 0 Å². The highest BCUT2D eigenvalue weighted by Crippen LogP contribution is 2.39. The van der Waals surface area contributed by atoms with Gasteiger partial charge in [-0.15, -0.1) is 0 Å². The molecule has 0 fully saturated rings. The molecule has 0 unspecified atom stereocenters. The second-order valence-corrected chi connectivity index (χ2v) is 9.08. The van der Waals surface area contributed by atoms with Crippen LogP contribution in [-0.4, -0.2) is 7.05 Å². The highest BCUT2D eigenvalue weighted by Gasteiger charge is 2.16. The van der Waals surface area contributed by atoms with Crippen molar-refractivity contribution in [2.75, 3.05) is 17.3 Å². The Morgan fingerprint density at radius 1 is 0.528 bits per heavy atom. The molecule has 0 atom stereocenters. The summed E-state index contributed by atoms with van der Waals surface area (Å²) in [5.74, 6) is 0. The van der Waals surface area contributed by atoms with E-state index in [9.17, 15) is 0 Å². The molecule has 0 aliphatic rings. The molecule has 0 aliphatic carbocycles. The van der Waals surface area contributed by atoms with Crippen molar-refractivity contribution in [3.05, 3.63) is 145 Å². The largest absolute Gasteiger partial charge is 0.388 e. The van der Waals surface area contributed by atoms with Crippen molar-refractivity contribution < 1.29 is 0 Å². The van der Waals surface area contributed by atoms with Crippen LogP contribution in [0.1, 0.15) is 11.1 Å². The summed E-state index contributed by atoms with van der Waals surface area (Å²) in [6.07, 6.45) is 0.860. The van der Waals surface area contributed by atoms with Gasteiger partial charge in [0.05, 0.1) is 5.69 Å². The van der Waals surface area contributed by atoms with Crippen LogP contribution in [0.3, 0.4) is 0 Å². The number of anilines is 4. The van der Waals surface area contributed by atoms with Gasteiger partial charge in [-0.3, -0.25) is 0 Å². The third kappa shape index (κ3) is 4.08. The molecule has 0 saturated heterocycles. The van der Waals surface area contributed by atoms with E-state index in [2.05, 4.69) is 144 Å².